The molecule has 1 fully saturated rings. The van der Waals surface area contributed by atoms with Crippen LogP contribution in [0, 0.1) is 5.82 Å². The van der Waals surface area contributed by atoms with E-state index in [9.17, 15) is 14.0 Å². The fraction of sp³-hybridized carbons (Fsp3) is 0.500. The van der Waals surface area contributed by atoms with E-state index in [-0.39, 0.29) is 29.9 Å². The first kappa shape index (κ1) is 17.7. The highest BCUT2D eigenvalue weighted by Gasteiger charge is 2.45. The van der Waals surface area contributed by atoms with Crippen LogP contribution in [0.25, 0.3) is 0 Å². The molecule has 0 aliphatic carbocycles. The number of nitrogens with zero attached hydrogens (tertiary/aromatic N) is 1. The van der Waals surface area contributed by atoms with Crippen LogP contribution in [0.4, 0.5) is 4.39 Å². The topological polar surface area (TPSA) is 75.4 Å². The fourth-order valence-electron chi connectivity index (χ4n) is 3.02. The van der Waals surface area contributed by atoms with Crippen LogP contribution in [0.2, 0.25) is 5.02 Å². The molecule has 0 spiro atoms. The first-order valence-electron chi connectivity index (χ1n) is 7.40. The summed E-state index contributed by atoms with van der Waals surface area (Å²) in [6.07, 6.45) is 0.222. The van der Waals surface area contributed by atoms with E-state index in [2.05, 4.69) is 5.32 Å². The lowest BCUT2D eigenvalue weighted by molar-refractivity contribution is -0.133. The summed E-state index contributed by atoms with van der Waals surface area (Å²) in [5.41, 5.74) is 5.37. The van der Waals surface area contributed by atoms with Crippen molar-refractivity contribution in [3.63, 3.8) is 0 Å². The molecule has 0 saturated carbocycles. The van der Waals surface area contributed by atoms with Crippen LogP contribution in [-0.2, 0) is 9.59 Å². The summed E-state index contributed by atoms with van der Waals surface area (Å²) >= 11 is 5.75. The van der Waals surface area contributed by atoms with Gasteiger partial charge in [-0.15, -0.1) is 0 Å². The number of hydrogen-bond donors (Lipinski definition) is 2. The normalized spacial score (nSPS) is 21.8. The number of nitrogens with two attached hydrogens (primary N) is 1. The maximum absolute atomic E-state index is 13.9. The Bertz CT molecular complexity index is 630. The largest absolute Gasteiger partial charge is 0.369 e. The molecule has 1 heterocycles. The number of hydrogen-bond acceptors (Lipinski definition) is 3. The van der Waals surface area contributed by atoms with Crippen molar-refractivity contribution in [2.75, 3.05) is 6.54 Å². The molecule has 1 aromatic rings. The molecule has 1 saturated heterocycles. The minimum atomic E-state index is -0.536. The van der Waals surface area contributed by atoms with Gasteiger partial charge in [0.1, 0.15) is 5.82 Å². The molecule has 126 valence electrons. The summed E-state index contributed by atoms with van der Waals surface area (Å²) in [5, 5.41) is 3.03. The Morgan fingerprint density at radius 1 is 1.48 bits per heavy atom. The van der Waals surface area contributed by atoms with Gasteiger partial charge in [0.25, 0.3) is 0 Å². The summed E-state index contributed by atoms with van der Waals surface area (Å²) < 4.78 is 13.9. The summed E-state index contributed by atoms with van der Waals surface area (Å²) in [6, 6.07) is 3.79. The van der Waals surface area contributed by atoms with Gasteiger partial charge >= 0.3 is 0 Å². The van der Waals surface area contributed by atoms with Crippen LogP contribution < -0.4 is 11.1 Å². The molecule has 0 bridgehead atoms. The van der Waals surface area contributed by atoms with E-state index < -0.39 is 23.3 Å². The van der Waals surface area contributed by atoms with Gasteiger partial charge in [-0.3, -0.25) is 9.59 Å². The van der Waals surface area contributed by atoms with Crippen molar-refractivity contribution in [1.29, 1.82) is 0 Å². The molecule has 0 aromatic heterocycles. The van der Waals surface area contributed by atoms with Gasteiger partial charge in [0.2, 0.25) is 11.8 Å². The molecule has 1 aliphatic rings. The Labute approximate surface area is 140 Å². The van der Waals surface area contributed by atoms with E-state index in [4.69, 9.17) is 17.3 Å². The highest BCUT2D eigenvalue weighted by molar-refractivity contribution is 6.30. The van der Waals surface area contributed by atoms with Crippen LogP contribution in [0.3, 0.4) is 0 Å². The molecule has 3 N–H and O–H groups in total. The highest BCUT2D eigenvalue weighted by Crippen LogP contribution is 2.39. The summed E-state index contributed by atoms with van der Waals surface area (Å²) in [6.45, 7) is 5.71. The van der Waals surface area contributed by atoms with Crippen molar-refractivity contribution in [3.05, 3.63) is 34.6 Å². The van der Waals surface area contributed by atoms with Gasteiger partial charge in [0.15, 0.2) is 0 Å². The Morgan fingerprint density at radius 3 is 2.65 bits per heavy atom. The smallest absolute Gasteiger partial charge is 0.231 e. The molecule has 2 amide bonds. The van der Waals surface area contributed by atoms with Crippen molar-refractivity contribution in [3.8, 4) is 0 Å². The first-order chi connectivity index (χ1) is 10.6. The monoisotopic (exact) mass is 341 g/mol. The van der Waals surface area contributed by atoms with Crippen LogP contribution in [0.15, 0.2) is 18.2 Å². The number of carbonyl (C=O) groups is 2. The van der Waals surface area contributed by atoms with Gasteiger partial charge < -0.3 is 16.0 Å². The first-order valence-corrected chi connectivity index (χ1v) is 7.78. The average Bonchev–Trinajstić information content (AvgIpc) is 2.76. The number of benzene rings is 1. The summed E-state index contributed by atoms with van der Waals surface area (Å²) in [4.78, 5) is 25.2. The predicted octanol–water partition coefficient (Wildman–Crippen LogP) is 1.99. The van der Waals surface area contributed by atoms with E-state index in [1.165, 1.54) is 12.1 Å². The lowest BCUT2D eigenvalue weighted by Crippen LogP contribution is -2.47. The number of nitrogens with one attached hydrogen (secondary N) is 1. The zero-order chi connectivity index (χ0) is 17.4. The summed E-state index contributed by atoms with van der Waals surface area (Å²) in [5.74, 6) is -1.10. The standard InChI is InChI=1S/C16H21ClFN3O2/c1-16(2,3)21-14(23)7-12(20-8-13(19)22)15(21)9-4-5-10(17)11(18)6-9/h4-6,12,15,20H,7-8H2,1-3H3,(H2,19,22)/t12-,15-/m1/s1. The third kappa shape index (κ3) is 3.82. The van der Waals surface area contributed by atoms with Gasteiger partial charge in [-0.25, -0.2) is 4.39 Å². The molecule has 2 atom stereocenters. The molecule has 0 unspecified atom stereocenters. The molecular formula is C16H21ClFN3O2. The van der Waals surface area contributed by atoms with Crippen molar-refractivity contribution >= 4 is 23.4 Å². The third-order valence-corrected chi connectivity index (χ3v) is 4.18. The van der Waals surface area contributed by atoms with E-state index in [1.54, 1.807) is 11.0 Å². The maximum Gasteiger partial charge on any atom is 0.231 e. The molecule has 1 aromatic carbocycles. The number of rotatable bonds is 4. The van der Waals surface area contributed by atoms with Crippen LogP contribution in [0.1, 0.15) is 38.8 Å². The Morgan fingerprint density at radius 2 is 2.13 bits per heavy atom. The molecular weight excluding hydrogens is 321 g/mol. The number of primary amides is 1. The zero-order valence-corrected chi connectivity index (χ0v) is 14.2. The van der Waals surface area contributed by atoms with Crippen molar-refractivity contribution in [2.24, 2.45) is 5.73 Å². The summed E-state index contributed by atoms with van der Waals surface area (Å²) in [7, 11) is 0. The lowest BCUT2D eigenvalue weighted by atomic mass is 9.96. The zero-order valence-electron chi connectivity index (χ0n) is 13.4. The minimum Gasteiger partial charge on any atom is -0.369 e. The Hall–Kier alpha value is -1.66. The molecule has 23 heavy (non-hydrogen) atoms. The number of likely N-dealkylation sites (tertiary alicyclic amines) is 1. The van der Waals surface area contributed by atoms with E-state index in [0.29, 0.717) is 5.56 Å². The van der Waals surface area contributed by atoms with Crippen molar-refractivity contribution < 1.29 is 14.0 Å². The number of amides is 2. The number of carbonyl (C=O) groups excluding carboxylic acids is 2. The molecule has 2 rings (SSSR count). The van der Waals surface area contributed by atoms with Gasteiger partial charge in [-0.2, -0.15) is 0 Å². The van der Waals surface area contributed by atoms with Crippen molar-refractivity contribution in [2.45, 2.75) is 44.8 Å². The minimum absolute atomic E-state index is 0.0297. The van der Waals surface area contributed by atoms with Crippen LogP contribution in [-0.4, -0.2) is 34.8 Å². The molecule has 7 heteroatoms. The quantitative estimate of drug-likeness (QED) is 0.879. The Balaban J connectivity index is 2.41. The van der Waals surface area contributed by atoms with E-state index in [1.807, 2.05) is 20.8 Å². The van der Waals surface area contributed by atoms with Gasteiger partial charge in [-0.05, 0) is 38.5 Å². The SMILES string of the molecule is CC(C)(C)N1C(=O)C[C@@H](NCC(N)=O)[C@H]1c1ccc(Cl)c(F)c1. The maximum atomic E-state index is 13.9. The fourth-order valence-corrected chi connectivity index (χ4v) is 3.14. The second-order valence-electron chi connectivity index (χ2n) is 6.71. The Kier molecular flexibility index (Phi) is 4.96. The molecule has 0 radical (unpaired) electrons. The molecule has 1 aliphatic heterocycles. The van der Waals surface area contributed by atoms with Gasteiger partial charge in [0, 0.05) is 18.0 Å². The lowest BCUT2D eigenvalue weighted by Gasteiger charge is -2.39. The van der Waals surface area contributed by atoms with E-state index >= 15 is 0 Å². The third-order valence-electron chi connectivity index (χ3n) is 3.87. The predicted molar refractivity (Wildman–Crippen MR) is 86.4 cm³/mol. The number of halogens is 2. The van der Waals surface area contributed by atoms with Crippen LogP contribution in [0.5, 0.6) is 0 Å². The van der Waals surface area contributed by atoms with Gasteiger partial charge in [-0.1, -0.05) is 17.7 Å². The average molecular weight is 342 g/mol. The van der Waals surface area contributed by atoms with E-state index in [0.717, 1.165) is 0 Å². The van der Waals surface area contributed by atoms with Crippen LogP contribution >= 0.6 is 11.6 Å². The second-order valence-corrected chi connectivity index (χ2v) is 7.12. The highest BCUT2D eigenvalue weighted by atomic mass is 35.5. The second kappa shape index (κ2) is 6.45. The van der Waals surface area contributed by atoms with Crippen molar-refractivity contribution in [1.82, 2.24) is 10.2 Å². The van der Waals surface area contributed by atoms with Gasteiger partial charge in [0.05, 0.1) is 17.6 Å². The molecule has 5 nitrogen and oxygen atoms in total.